The van der Waals surface area contributed by atoms with Crippen molar-refractivity contribution in [2.75, 3.05) is 18.6 Å². The molecule has 1 fully saturated rings. The van der Waals surface area contributed by atoms with Crippen LogP contribution < -0.4 is 5.73 Å². The lowest BCUT2D eigenvalue weighted by Gasteiger charge is -2.07. The number of thioether (sulfide) groups is 1. The fraction of sp³-hybridized carbons (Fsp3) is 0.909. The first kappa shape index (κ1) is 11.9. The van der Waals surface area contributed by atoms with Crippen molar-refractivity contribution in [1.82, 2.24) is 0 Å². The summed E-state index contributed by atoms with van der Waals surface area (Å²) in [6.07, 6.45) is 9.81. The second-order valence-corrected chi connectivity index (χ2v) is 4.97. The largest absolute Gasteiger partial charge is 0.387 e. The Labute approximate surface area is 91.7 Å². The number of hydrogen-bond donors (Lipinski definition) is 1. The first-order chi connectivity index (χ1) is 6.84. The minimum absolute atomic E-state index is 0.607. The lowest BCUT2D eigenvalue weighted by Crippen LogP contribution is -2.21. The van der Waals surface area contributed by atoms with Crippen molar-refractivity contribution < 1.29 is 0 Å². The minimum atomic E-state index is 0.607. The second-order valence-electron chi connectivity index (χ2n) is 3.99. The maximum absolute atomic E-state index is 5.94. The molecule has 0 spiro atoms. The third-order valence-corrected chi connectivity index (χ3v) is 3.52. The van der Waals surface area contributed by atoms with Crippen molar-refractivity contribution in [2.45, 2.75) is 38.5 Å². The van der Waals surface area contributed by atoms with Crippen molar-refractivity contribution >= 4 is 17.6 Å². The predicted octanol–water partition coefficient (Wildman–Crippen LogP) is 2.68. The van der Waals surface area contributed by atoms with E-state index in [4.69, 9.17) is 5.73 Å². The smallest absolute Gasteiger partial charge is 0.0968 e. The maximum Gasteiger partial charge on any atom is 0.0968 e. The number of rotatable bonds is 6. The molecule has 1 rings (SSSR count). The van der Waals surface area contributed by atoms with Gasteiger partial charge in [-0.05, 0) is 37.7 Å². The van der Waals surface area contributed by atoms with Crippen molar-refractivity contribution in [3.63, 3.8) is 0 Å². The highest BCUT2D eigenvalue weighted by Crippen LogP contribution is 2.24. The van der Waals surface area contributed by atoms with E-state index >= 15 is 0 Å². The van der Waals surface area contributed by atoms with E-state index in [0.29, 0.717) is 5.92 Å². The van der Waals surface area contributed by atoms with Crippen LogP contribution in [-0.2, 0) is 0 Å². The van der Waals surface area contributed by atoms with Gasteiger partial charge in [0.25, 0.3) is 0 Å². The fourth-order valence-corrected chi connectivity index (χ4v) is 2.41. The number of nitrogens with zero attached hydrogens (tertiary/aromatic N) is 1. The summed E-state index contributed by atoms with van der Waals surface area (Å²) in [7, 11) is 0. The average Bonchev–Trinajstić information content (AvgIpc) is 2.70. The van der Waals surface area contributed by atoms with Crippen molar-refractivity contribution in [3.05, 3.63) is 0 Å². The third-order valence-electron chi connectivity index (χ3n) is 2.82. The van der Waals surface area contributed by atoms with Crippen LogP contribution in [0.15, 0.2) is 4.99 Å². The van der Waals surface area contributed by atoms with Crippen LogP contribution in [0.2, 0.25) is 0 Å². The van der Waals surface area contributed by atoms with Crippen molar-refractivity contribution in [3.8, 4) is 0 Å². The summed E-state index contributed by atoms with van der Waals surface area (Å²) in [6, 6.07) is 0. The summed E-state index contributed by atoms with van der Waals surface area (Å²) in [4.78, 5) is 4.46. The van der Waals surface area contributed by atoms with E-state index in [1.165, 1.54) is 44.3 Å². The van der Waals surface area contributed by atoms with E-state index in [9.17, 15) is 0 Å². The fourth-order valence-electron chi connectivity index (χ4n) is 1.92. The lowest BCUT2D eigenvalue weighted by atomic mass is 10.1. The third kappa shape index (κ3) is 4.36. The summed E-state index contributed by atoms with van der Waals surface area (Å²) in [5.74, 6) is 2.78. The van der Waals surface area contributed by atoms with E-state index in [-0.39, 0.29) is 0 Å². The van der Waals surface area contributed by atoms with E-state index < -0.39 is 0 Å². The highest BCUT2D eigenvalue weighted by molar-refractivity contribution is 7.98. The van der Waals surface area contributed by atoms with Crippen LogP contribution >= 0.6 is 11.8 Å². The summed E-state index contributed by atoms with van der Waals surface area (Å²) in [5, 5.41) is 0. The summed E-state index contributed by atoms with van der Waals surface area (Å²) < 4.78 is 0. The Morgan fingerprint density at radius 3 is 2.71 bits per heavy atom. The molecule has 0 radical (unpaired) electrons. The second kappa shape index (κ2) is 7.16. The van der Waals surface area contributed by atoms with Gasteiger partial charge in [0.15, 0.2) is 0 Å². The molecule has 0 heterocycles. The molecule has 2 N–H and O–H groups in total. The number of unbranched alkanes of at least 4 members (excludes halogenated alkanes) is 1. The van der Waals surface area contributed by atoms with Gasteiger partial charge in [-0.3, -0.25) is 4.99 Å². The Hall–Kier alpha value is -0.180. The van der Waals surface area contributed by atoms with Gasteiger partial charge in [-0.25, -0.2) is 0 Å². The van der Waals surface area contributed by atoms with E-state index in [1.807, 2.05) is 11.8 Å². The SMILES string of the molecule is CSCCCCN=C(N)C1CCCC1. The molecule has 0 aromatic carbocycles. The predicted molar refractivity (Wildman–Crippen MR) is 66.1 cm³/mol. The molecule has 0 aliphatic heterocycles. The standard InChI is InChI=1S/C11H22N2S/c1-14-9-5-4-8-13-11(12)10-6-2-3-7-10/h10H,2-9H2,1H3,(H2,12,13). The van der Waals surface area contributed by atoms with Gasteiger partial charge in [0.05, 0.1) is 5.84 Å². The highest BCUT2D eigenvalue weighted by atomic mass is 32.2. The van der Waals surface area contributed by atoms with E-state index in [2.05, 4.69) is 11.2 Å². The Morgan fingerprint density at radius 1 is 1.36 bits per heavy atom. The minimum Gasteiger partial charge on any atom is -0.387 e. The van der Waals surface area contributed by atoms with Crippen LogP contribution in [0.25, 0.3) is 0 Å². The van der Waals surface area contributed by atoms with Crippen LogP contribution in [0, 0.1) is 5.92 Å². The monoisotopic (exact) mass is 214 g/mol. The van der Waals surface area contributed by atoms with Crippen LogP contribution in [0.4, 0.5) is 0 Å². The normalized spacial score (nSPS) is 19.1. The Morgan fingerprint density at radius 2 is 2.07 bits per heavy atom. The van der Waals surface area contributed by atoms with Crippen LogP contribution in [-0.4, -0.2) is 24.4 Å². The quantitative estimate of drug-likeness (QED) is 0.419. The maximum atomic E-state index is 5.94. The molecule has 2 nitrogen and oxygen atoms in total. The zero-order chi connectivity index (χ0) is 10.2. The number of nitrogens with two attached hydrogens (primary N) is 1. The molecule has 0 aromatic rings. The van der Waals surface area contributed by atoms with Gasteiger partial charge in [0, 0.05) is 12.5 Å². The van der Waals surface area contributed by atoms with Gasteiger partial charge >= 0.3 is 0 Å². The Balaban J connectivity index is 2.09. The molecule has 1 saturated carbocycles. The Kier molecular flexibility index (Phi) is 6.08. The number of amidine groups is 1. The number of hydrogen-bond acceptors (Lipinski definition) is 2. The molecule has 1 aliphatic rings. The first-order valence-electron chi connectivity index (χ1n) is 5.63. The highest BCUT2D eigenvalue weighted by Gasteiger charge is 2.17. The first-order valence-corrected chi connectivity index (χ1v) is 7.02. The van der Waals surface area contributed by atoms with Gasteiger partial charge < -0.3 is 5.73 Å². The molecular weight excluding hydrogens is 192 g/mol. The molecule has 82 valence electrons. The molecule has 0 unspecified atom stereocenters. The average molecular weight is 214 g/mol. The van der Waals surface area contributed by atoms with E-state index in [1.54, 1.807) is 0 Å². The molecule has 0 aromatic heterocycles. The number of aliphatic imine (C=N–C) groups is 1. The van der Waals surface area contributed by atoms with Gasteiger partial charge in [-0.15, -0.1) is 0 Å². The van der Waals surface area contributed by atoms with Crippen LogP contribution in [0.5, 0.6) is 0 Å². The van der Waals surface area contributed by atoms with Crippen LogP contribution in [0.1, 0.15) is 38.5 Å². The Bertz CT molecular complexity index is 174. The van der Waals surface area contributed by atoms with E-state index in [0.717, 1.165) is 12.4 Å². The van der Waals surface area contributed by atoms with Crippen molar-refractivity contribution in [2.24, 2.45) is 16.6 Å². The lowest BCUT2D eigenvalue weighted by molar-refractivity contribution is 0.709. The molecule has 1 aliphatic carbocycles. The van der Waals surface area contributed by atoms with Crippen LogP contribution in [0.3, 0.4) is 0 Å². The van der Waals surface area contributed by atoms with Gasteiger partial charge in [-0.1, -0.05) is 12.8 Å². The zero-order valence-corrected chi connectivity index (χ0v) is 9.98. The topological polar surface area (TPSA) is 38.4 Å². The molecule has 14 heavy (non-hydrogen) atoms. The summed E-state index contributed by atoms with van der Waals surface area (Å²) in [6.45, 7) is 0.933. The molecule has 0 bridgehead atoms. The summed E-state index contributed by atoms with van der Waals surface area (Å²) >= 11 is 1.91. The molecule has 0 saturated heterocycles. The van der Waals surface area contributed by atoms with Crippen molar-refractivity contribution in [1.29, 1.82) is 0 Å². The van der Waals surface area contributed by atoms with Gasteiger partial charge in [0.2, 0.25) is 0 Å². The summed E-state index contributed by atoms with van der Waals surface area (Å²) in [5.41, 5.74) is 5.94. The molecule has 0 amide bonds. The van der Waals surface area contributed by atoms with Gasteiger partial charge in [0.1, 0.15) is 0 Å². The van der Waals surface area contributed by atoms with Gasteiger partial charge in [-0.2, -0.15) is 11.8 Å². The molecular formula is C11H22N2S. The molecule has 0 atom stereocenters. The molecule has 3 heteroatoms. The zero-order valence-electron chi connectivity index (χ0n) is 9.17.